The summed E-state index contributed by atoms with van der Waals surface area (Å²) >= 11 is 0. The van der Waals surface area contributed by atoms with Crippen LogP contribution in [0.5, 0.6) is 5.75 Å². The lowest BCUT2D eigenvalue weighted by atomic mass is 10.1. The Morgan fingerprint density at radius 1 is 1.10 bits per heavy atom. The van der Waals surface area contributed by atoms with E-state index in [2.05, 4.69) is 10.3 Å². The topological polar surface area (TPSA) is 144 Å². The molecule has 210 valence electrons. The highest BCUT2D eigenvalue weighted by Crippen LogP contribution is 2.30. The molecule has 13 heteroatoms. The molecule has 0 radical (unpaired) electrons. The normalized spacial score (nSPS) is 12.6. The molecule has 0 unspecified atom stereocenters. The lowest BCUT2D eigenvalue weighted by molar-refractivity contribution is -0.139. The number of hydrogen-bond acceptors (Lipinski definition) is 7. The molecule has 1 aromatic heterocycles. The van der Waals surface area contributed by atoms with Crippen molar-refractivity contribution in [3.8, 4) is 5.75 Å². The third-order valence-electron chi connectivity index (χ3n) is 5.60. The summed E-state index contributed by atoms with van der Waals surface area (Å²) in [6.07, 6.45) is -3.50. The van der Waals surface area contributed by atoms with Gasteiger partial charge in [-0.15, -0.1) is 0 Å². The number of nitrogens with zero attached hydrogens (tertiary/aromatic N) is 1. The van der Waals surface area contributed by atoms with Crippen molar-refractivity contribution in [2.75, 3.05) is 24.2 Å². The van der Waals surface area contributed by atoms with E-state index in [4.69, 9.17) is 10.5 Å². The van der Waals surface area contributed by atoms with Crippen LogP contribution in [0.2, 0.25) is 0 Å². The summed E-state index contributed by atoms with van der Waals surface area (Å²) in [4.78, 5) is 15.4. The van der Waals surface area contributed by atoms with Crippen LogP contribution >= 0.6 is 0 Å². The Labute approximate surface area is 224 Å². The van der Waals surface area contributed by atoms with E-state index in [0.29, 0.717) is 30.5 Å². The number of aryl methyl sites for hydroxylation is 1. The minimum absolute atomic E-state index is 0.236. The largest absolute Gasteiger partial charge is 0.491 e. The van der Waals surface area contributed by atoms with E-state index in [1.54, 1.807) is 12.1 Å². The Kier molecular flexibility index (Phi) is 9.76. The Bertz CT molecular complexity index is 1400. The third-order valence-corrected chi connectivity index (χ3v) is 7.07. The minimum Gasteiger partial charge on any atom is -0.491 e. The number of unbranched alkanes of at least 4 members (excludes halogenated alkanes) is 1. The second-order valence-electron chi connectivity index (χ2n) is 8.76. The zero-order valence-electron chi connectivity index (χ0n) is 21.0. The van der Waals surface area contributed by atoms with E-state index >= 15 is 0 Å². The van der Waals surface area contributed by atoms with Crippen LogP contribution in [0.15, 0.2) is 65.6 Å². The van der Waals surface area contributed by atoms with Gasteiger partial charge < -0.3 is 20.9 Å². The van der Waals surface area contributed by atoms with Crippen LogP contribution in [-0.4, -0.2) is 43.7 Å². The third kappa shape index (κ3) is 8.86. The van der Waals surface area contributed by atoms with Crippen LogP contribution in [0.25, 0.3) is 0 Å². The number of rotatable bonds is 13. The summed E-state index contributed by atoms with van der Waals surface area (Å²) in [6.45, 7) is 3.01. The van der Waals surface area contributed by atoms with Crippen molar-refractivity contribution in [1.82, 2.24) is 9.71 Å². The lowest BCUT2D eigenvalue weighted by Gasteiger charge is -2.17. The van der Waals surface area contributed by atoms with Crippen molar-refractivity contribution < 1.29 is 36.2 Å². The fourth-order valence-corrected chi connectivity index (χ4v) is 4.87. The highest BCUT2D eigenvalue weighted by molar-refractivity contribution is 7.89. The summed E-state index contributed by atoms with van der Waals surface area (Å²) in [5.74, 6) is -0.310. The molecule has 0 spiro atoms. The number of carbonyl (C=O) groups is 1. The molecule has 0 saturated heterocycles. The van der Waals surface area contributed by atoms with Crippen molar-refractivity contribution in [1.29, 1.82) is 0 Å². The molecule has 9 nitrogen and oxygen atoms in total. The van der Waals surface area contributed by atoms with Gasteiger partial charge in [0.15, 0.2) is 0 Å². The van der Waals surface area contributed by atoms with Crippen LogP contribution in [0.4, 0.5) is 24.7 Å². The number of benzene rings is 2. The first-order chi connectivity index (χ1) is 18.3. The molecule has 0 fully saturated rings. The predicted molar refractivity (Wildman–Crippen MR) is 140 cm³/mol. The number of hydrogen-bond donors (Lipinski definition) is 4. The Morgan fingerprint density at radius 3 is 2.51 bits per heavy atom. The van der Waals surface area contributed by atoms with Crippen molar-refractivity contribution in [3.63, 3.8) is 0 Å². The maximum absolute atomic E-state index is 13.0. The predicted octanol–water partition coefficient (Wildman–Crippen LogP) is 4.24. The summed E-state index contributed by atoms with van der Waals surface area (Å²) in [5.41, 5.74) is 6.43. The van der Waals surface area contributed by atoms with Gasteiger partial charge in [-0.1, -0.05) is 18.2 Å². The molecule has 5 N–H and O–H groups in total. The first-order valence-electron chi connectivity index (χ1n) is 12.0. The average Bonchev–Trinajstić information content (AvgIpc) is 2.86. The Morgan fingerprint density at radius 2 is 1.85 bits per heavy atom. The second-order valence-corrected chi connectivity index (χ2v) is 10.5. The number of alkyl halides is 3. The smallest absolute Gasteiger partial charge is 0.416 e. The van der Waals surface area contributed by atoms with Crippen molar-refractivity contribution >= 4 is 27.5 Å². The molecular formula is C26H29F3N4O5S. The number of halogens is 3. The number of anilines is 2. The molecule has 1 heterocycles. The highest BCUT2D eigenvalue weighted by Gasteiger charge is 2.32. The summed E-state index contributed by atoms with van der Waals surface area (Å²) in [7, 11) is -4.56. The number of aromatic nitrogens is 1. The van der Waals surface area contributed by atoms with Crippen LogP contribution in [-0.2, 0) is 27.4 Å². The number of nitrogens with one attached hydrogen (secondary N) is 2. The van der Waals surface area contributed by atoms with Gasteiger partial charge in [-0.3, -0.25) is 4.79 Å². The zero-order valence-corrected chi connectivity index (χ0v) is 21.8. The molecule has 0 aliphatic heterocycles. The van der Waals surface area contributed by atoms with Gasteiger partial charge in [-0.05, 0) is 74.2 Å². The molecule has 3 rings (SSSR count). The van der Waals surface area contributed by atoms with Gasteiger partial charge in [0.2, 0.25) is 10.0 Å². The standard InChI is InChI=1S/C26H29F3N4O5S/c1-17-6-4-9-24(32-17)31-12-2-3-13-38-23-11-10-18(14-21(23)30)15-22(25(34)35)33-39(36,37)20-8-5-7-19(16-20)26(27,28)29/h4-11,14,16,22,33H,2-3,12-13,15,30H2,1H3,(H,31,32)(H,34,35)/t22-/m0/s1. The molecule has 0 bridgehead atoms. The number of carboxylic acids is 1. The van der Waals surface area contributed by atoms with Gasteiger partial charge in [-0.25, -0.2) is 13.4 Å². The number of nitrogen functional groups attached to an aromatic ring is 1. The fraction of sp³-hybridized carbons (Fsp3) is 0.308. The Hall–Kier alpha value is -3.84. The fourth-order valence-electron chi connectivity index (χ4n) is 3.63. The quantitative estimate of drug-likeness (QED) is 0.178. The molecule has 0 aliphatic carbocycles. The van der Waals surface area contributed by atoms with Gasteiger partial charge in [0.1, 0.15) is 17.6 Å². The van der Waals surface area contributed by atoms with E-state index in [-0.39, 0.29) is 12.1 Å². The van der Waals surface area contributed by atoms with Gasteiger partial charge in [0.05, 0.1) is 22.8 Å². The van der Waals surface area contributed by atoms with Crippen molar-refractivity contribution in [3.05, 3.63) is 77.5 Å². The monoisotopic (exact) mass is 566 g/mol. The van der Waals surface area contributed by atoms with E-state index in [0.717, 1.165) is 42.6 Å². The first kappa shape index (κ1) is 29.7. The molecule has 0 amide bonds. The molecule has 0 aliphatic rings. The Balaban J connectivity index is 1.55. The lowest BCUT2D eigenvalue weighted by Crippen LogP contribution is -2.42. The van der Waals surface area contributed by atoms with Gasteiger partial charge in [0.25, 0.3) is 0 Å². The van der Waals surface area contributed by atoms with Crippen LogP contribution in [0, 0.1) is 6.92 Å². The number of carboxylic acid groups (broad SMARTS) is 1. The number of pyridine rings is 1. The number of nitrogens with two attached hydrogens (primary N) is 1. The molecule has 2 aromatic carbocycles. The zero-order chi connectivity index (χ0) is 28.6. The van der Waals surface area contributed by atoms with Gasteiger partial charge in [0, 0.05) is 12.2 Å². The maximum Gasteiger partial charge on any atom is 0.416 e. The van der Waals surface area contributed by atoms with Crippen LogP contribution in [0.1, 0.15) is 29.7 Å². The van der Waals surface area contributed by atoms with E-state index < -0.39 is 38.7 Å². The highest BCUT2D eigenvalue weighted by atomic mass is 32.2. The van der Waals surface area contributed by atoms with E-state index in [1.165, 1.54) is 6.07 Å². The summed E-state index contributed by atoms with van der Waals surface area (Å²) in [6, 6.07) is 11.7. The molecular weight excluding hydrogens is 537 g/mol. The van der Waals surface area contributed by atoms with Crippen molar-refractivity contribution in [2.24, 2.45) is 0 Å². The van der Waals surface area contributed by atoms with Crippen molar-refractivity contribution in [2.45, 2.75) is 43.3 Å². The van der Waals surface area contributed by atoms with E-state index in [9.17, 15) is 31.5 Å². The maximum atomic E-state index is 13.0. The number of ether oxygens (including phenoxy) is 1. The molecule has 3 aromatic rings. The van der Waals surface area contributed by atoms with Gasteiger partial charge >= 0.3 is 12.1 Å². The summed E-state index contributed by atoms with van der Waals surface area (Å²) in [5, 5.41) is 12.8. The molecule has 1 atom stereocenters. The number of aliphatic carboxylic acids is 1. The van der Waals surface area contributed by atoms with E-state index in [1.807, 2.05) is 29.8 Å². The molecule has 39 heavy (non-hydrogen) atoms. The minimum atomic E-state index is -4.76. The van der Waals surface area contributed by atoms with Gasteiger partial charge in [-0.2, -0.15) is 17.9 Å². The molecule has 0 saturated carbocycles. The average molecular weight is 567 g/mol. The number of sulfonamides is 1. The first-order valence-corrected chi connectivity index (χ1v) is 13.4. The second kappa shape index (κ2) is 12.8. The SMILES string of the molecule is Cc1cccc(NCCCCOc2ccc(C[C@H](NS(=O)(=O)c3cccc(C(F)(F)F)c3)C(=O)O)cc2N)n1. The van der Waals surface area contributed by atoms with Crippen LogP contribution < -0.4 is 20.5 Å². The van der Waals surface area contributed by atoms with Crippen LogP contribution in [0.3, 0.4) is 0 Å². The summed E-state index contributed by atoms with van der Waals surface area (Å²) < 4.78 is 71.9.